The summed E-state index contributed by atoms with van der Waals surface area (Å²) >= 11 is 0. The minimum Gasteiger partial charge on any atom is -0.457 e. The summed E-state index contributed by atoms with van der Waals surface area (Å²) in [6.07, 6.45) is 5.65. The first-order valence-electron chi connectivity index (χ1n) is 23.5. The van der Waals surface area contributed by atoms with Crippen LogP contribution >= 0.6 is 0 Å². The quantitative estimate of drug-likeness (QED) is 0.156. The van der Waals surface area contributed by atoms with Crippen molar-refractivity contribution in [2.24, 2.45) is 0 Å². The Morgan fingerprint density at radius 1 is 0.522 bits per heavy atom. The molecule has 11 aromatic rings. The Labute approximate surface area is 401 Å². The summed E-state index contributed by atoms with van der Waals surface area (Å²) in [5, 5.41) is 4.62. The Morgan fingerprint density at radius 3 is 1.96 bits per heavy atom. The second-order valence-corrected chi connectivity index (χ2v) is 19.5. The number of fused-ring (bicyclic) bond motifs is 7. The van der Waals surface area contributed by atoms with Crippen LogP contribution in [0.4, 0.5) is 23.0 Å². The van der Waals surface area contributed by atoms with Gasteiger partial charge in [-0.2, -0.15) is 15.0 Å². The summed E-state index contributed by atoms with van der Waals surface area (Å²) < 4.78 is 11.3. The Kier molecular flexibility index (Phi) is 9.67. The molecule has 1 aliphatic rings. The molecule has 6 heterocycles. The first kappa shape index (κ1) is 42.0. The molecular formula is C59H51N9O. The summed E-state index contributed by atoms with van der Waals surface area (Å²) in [5.41, 5.74) is 15.0. The average Bonchev–Trinajstić information content (AvgIpc) is 4.00. The van der Waals surface area contributed by atoms with Crippen molar-refractivity contribution < 1.29 is 4.74 Å². The van der Waals surface area contributed by atoms with Gasteiger partial charge in [0.2, 0.25) is 11.9 Å². The molecule has 0 saturated heterocycles. The van der Waals surface area contributed by atoms with Gasteiger partial charge >= 0.3 is 0 Å². The zero-order chi connectivity index (χ0) is 47.3. The maximum absolute atomic E-state index is 6.77. The fourth-order valence-corrected chi connectivity index (χ4v) is 10.5. The van der Waals surface area contributed by atoms with Crippen molar-refractivity contribution in [3.05, 3.63) is 185 Å². The summed E-state index contributed by atoms with van der Waals surface area (Å²) in [6, 6.07) is 46.8. The minimum atomic E-state index is -0.0259. The molecule has 0 amide bonds. The van der Waals surface area contributed by atoms with Crippen molar-refractivity contribution in [1.29, 1.82) is 0 Å². The zero-order valence-corrected chi connectivity index (χ0v) is 40.1. The highest BCUT2D eigenvalue weighted by Gasteiger charge is 2.32. The van der Waals surface area contributed by atoms with Crippen LogP contribution in [0.3, 0.4) is 0 Å². The van der Waals surface area contributed by atoms with E-state index >= 15 is 0 Å². The second-order valence-electron chi connectivity index (χ2n) is 19.5. The van der Waals surface area contributed by atoms with E-state index in [1.165, 1.54) is 11.1 Å². The van der Waals surface area contributed by atoms with E-state index in [1.54, 1.807) is 0 Å². The molecule has 0 radical (unpaired) electrons. The van der Waals surface area contributed by atoms with Crippen LogP contribution in [0.15, 0.2) is 152 Å². The zero-order valence-electron chi connectivity index (χ0n) is 40.1. The number of para-hydroxylation sites is 3. The highest BCUT2D eigenvalue weighted by Crippen LogP contribution is 2.45. The number of nitrogens with zero attached hydrogens (tertiary/aromatic N) is 9. The number of aryl methyl sites for hydroxylation is 5. The van der Waals surface area contributed by atoms with Crippen molar-refractivity contribution >= 4 is 66.6 Å². The van der Waals surface area contributed by atoms with Crippen molar-refractivity contribution in [2.75, 3.05) is 16.5 Å². The summed E-state index contributed by atoms with van der Waals surface area (Å²) in [5.74, 6) is 4.03. The summed E-state index contributed by atoms with van der Waals surface area (Å²) in [4.78, 5) is 30.1. The number of hydrogen-bond donors (Lipinski definition) is 0. The molecule has 69 heavy (non-hydrogen) atoms. The number of benzene rings is 6. The highest BCUT2D eigenvalue weighted by molar-refractivity contribution is 6.11. The lowest BCUT2D eigenvalue weighted by Crippen LogP contribution is -2.26. The van der Waals surface area contributed by atoms with Crippen molar-refractivity contribution in [3.63, 3.8) is 0 Å². The molecule has 0 saturated carbocycles. The maximum Gasteiger partial charge on any atom is 0.240 e. The first-order valence-corrected chi connectivity index (χ1v) is 23.5. The van der Waals surface area contributed by atoms with Gasteiger partial charge in [-0.05, 0) is 116 Å². The van der Waals surface area contributed by atoms with Crippen LogP contribution in [-0.4, -0.2) is 40.7 Å². The van der Waals surface area contributed by atoms with E-state index in [-0.39, 0.29) is 5.41 Å². The monoisotopic (exact) mass is 901 g/mol. The Hall–Kier alpha value is -8.37. The Balaban J connectivity index is 0.954. The fourth-order valence-electron chi connectivity index (χ4n) is 10.5. The molecule has 0 fully saturated rings. The average molecular weight is 902 g/mol. The van der Waals surface area contributed by atoms with E-state index in [2.05, 4.69) is 201 Å². The first-order chi connectivity index (χ1) is 33.4. The van der Waals surface area contributed by atoms with E-state index in [0.717, 1.165) is 100 Å². The maximum atomic E-state index is 6.77. The van der Waals surface area contributed by atoms with Gasteiger partial charge in [-0.3, -0.25) is 19.0 Å². The van der Waals surface area contributed by atoms with Gasteiger partial charge in [0, 0.05) is 57.3 Å². The van der Waals surface area contributed by atoms with Crippen molar-refractivity contribution in [3.8, 4) is 34.7 Å². The van der Waals surface area contributed by atoms with Gasteiger partial charge in [-0.25, -0.2) is 4.98 Å². The van der Waals surface area contributed by atoms with Gasteiger partial charge in [0.05, 0.1) is 39.6 Å². The third-order valence-corrected chi connectivity index (χ3v) is 13.7. The molecule has 0 bridgehead atoms. The van der Waals surface area contributed by atoms with Crippen LogP contribution in [0.25, 0.3) is 66.8 Å². The van der Waals surface area contributed by atoms with Gasteiger partial charge in [0.15, 0.2) is 5.82 Å². The second kappa shape index (κ2) is 15.9. The van der Waals surface area contributed by atoms with E-state index in [0.29, 0.717) is 30.1 Å². The standard InChI is InChI=1S/C59H51N9O/c1-35-28-38(4)53(39(5)29-35)56-62-57(64-58(63-56)68-54-36(2)14-11-19-46(54)47-20-12-15-37(3)55(47)68)66-34-65(49-25-26-60-33-51(49)66)41-16-13-17-42(31-41)69-43-22-23-45-44-18-9-10-21-48(44)67(50(45)32-43)52-30-40(24-27-61-52)59(6,7)8/h9-33H,34H2,1-8H3. The number of pyridine rings is 2. The van der Waals surface area contributed by atoms with Crippen LogP contribution in [0, 0.1) is 34.6 Å². The number of hydrogen-bond acceptors (Lipinski definition) is 8. The molecule has 0 atom stereocenters. The van der Waals surface area contributed by atoms with Crippen LogP contribution in [0.2, 0.25) is 0 Å². The molecule has 12 rings (SSSR count). The third-order valence-electron chi connectivity index (χ3n) is 13.7. The van der Waals surface area contributed by atoms with E-state index in [4.69, 9.17) is 24.7 Å². The molecule has 0 aliphatic carbocycles. The van der Waals surface area contributed by atoms with Crippen LogP contribution < -0.4 is 14.5 Å². The van der Waals surface area contributed by atoms with Gasteiger partial charge in [-0.15, -0.1) is 0 Å². The van der Waals surface area contributed by atoms with Gasteiger partial charge in [0.25, 0.3) is 0 Å². The van der Waals surface area contributed by atoms with Gasteiger partial charge in [0.1, 0.15) is 24.0 Å². The molecule has 6 aromatic carbocycles. The molecule has 5 aromatic heterocycles. The van der Waals surface area contributed by atoms with E-state index in [9.17, 15) is 0 Å². The lowest BCUT2D eigenvalue weighted by molar-refractivity contribution is 0.483. The minimum absolute atomic E-state index is 0.0259. The third kappa shape index (κ3) is 6.96. The Morgan fingerprint density at radius 2 is 1.20 bits per heavy atom. The number of anilines is 4. The molecule has 10 heteroatoms. The Bertz CT molecular complexity index is 3790. The molecular weight excluding hydrogens is 851 g/mol. The molecule has 0 spiro atoms. The SMILES string of the molecule is Cc1cc(C)c(-c2nc(N3CN(c4cccc(Oc5ccc6c7ccccc7n(-c7cc(C(C)(C)C)ccn7)c6c5)c4)c4ccncc43)nc(-n3c4c(C)cccc4c4cccc(C)c43)n2)c(C)c1. The van der Waals surface area contributed by atoms with Gasteiger partial charge in [-0.1, -0.05) is 99.1 Å². The number of ether oxygens (including phenoxy) is 1. The van der Waals surface area contributed by atoms with Crippen molar-refractivity contribution in [1.82, 2.24) is 34.1 Å². The van der Waals surface area contributed by atoms with E-state index < -0.39 is 0 Å². The number of aromatic nitrogens is 7. The van der Waals surface area contributed by atoms with Crippen LogP contribution in [0.1, 0.15) is 54.2 Å². The normalized spacial score (nSPS) is 12.8. The lowest BCUT2D eigenvalue weighted by Gasteiger charge is -2.22. The van der Waals surface area contributed by atoms with E-state index in [1.807, 2.05) is 30.7 Å². The highest BCUT2D eigenvalue weighted by atomic mass is 16.5. The van der Waals surface area contributed by atoms with Gasteiger partial charge < -0.3 is 9.64 Å². The fraction of sp³-hybridized carbons (Fsp3) is 0.169. The summed E-state index contributed by atoms with van der Waals surface area (Å²) in [7, 11) is 0. The molecule has 0 unspecified atom stereocenters. The van der Waals surface area contributed by atoms with Crippen molar-refractivity contribution in [2.45, 2.75) is 60.8 Å². The summed E-state index contributed by atoms with van der Waals surface area (Å²) in [6.45, 7) is 17.8. The topological polar surface area (TPSA) is 90.0 Å². The predicted octanol–water partition coefficient (Wildman–Crippen LogP) is 14.4. The lowest BCUT2D eigenvalue weighted by atomic mass is 9.88. The van der Waals surface area contributed by atoms with Crippen LogP contribution in [-0.2, 0) is 5.41 Å². The predicted molar refractivity (Wildman–Crippen MR) is 280 cm³/mol. The molecule has 1 aliphatic heterocycles. The number of rotatable bonds is 7. The largest absolute Gasteiger partial charge is 0.457 e. The smallest absolute Gasteiger partial charge is 0.240 e. The molecule has 338 valence electrons. The molecule has 10 nitrogen and oxygen atoms in total. The molecule has 0 N–H and O–H groups in total. The van der Waals surface area contributed by atoms with Crippen LogP contribution in [0.5, 0.6) is 11.5 Å².